The van der Waals surface area contributed by atoms with E-state index in [2.05, 4.69) is 24.5 Å². The van der Waals surface area contributed by atoms with Crippen molar-refractivity contribution in [2.45, 2.75) is 26.7 Å². The molecule has 0 aromatic heterocycles. The van der Waals surface area contributed by atoms with Gasteiger partial charge in [0.1, 0.15) is 0 Å². The van der Waals surface area contributed by atoms with Gasteiger partial charge in [-0.1, -0.05) is 19.9 Å². The predicted molar refractivity (Wildman–Crippen MR) is 78.2 cm³/mol. The van der Waals surface area contributed by atoms with Crippen LogP contribution in [0.3, 0.4) is 0 Å². The Hall–Kier alpha value is -1.75. The van der Waals surface area contributed by atoms with Crippen LogP contribution < -0.4 is 16.4 Å². The second-order valence-electron chi connectivity index (χ2n) is 4.79. The fraction of sp³-hybridized carbons (Fsp3) is 0.500. The van der Waals surface area contributed by atoms with Gasteiger partial charge in [0, 0.05) is 23.3 Å². The van der Waals surface area contributed by atoms with E-state index in [1.54, 1.807) is 6.07 Å². The van der Waals surface area contributed by atoms with Gasteiger partial charge in [-0.15, -0.1) is 0 Å². The number of anilines is 2. The first-order valence-electron chi connectivity index (χ1n) is 6.56. The molecule has 0 aliphatic carbocycles. The summed E-state index contributed by atoms with van der Waals surface area (Å²) in [6, 6.07) is 6.77. The van der Waals surface area contributed by atoms with Crippen molar-refractivity contribution in [1.29, 1.82) is 0 Å². The Balaban J connectivity index is 2.69. The molecule has 0 radical (unpaired) electrons. The van der Waals surface area contributed by atoms with Gasteiger partial charge in [0.2, 0.25) is 0 Å². The highest BCUT2D eigenvalue weighted by atomic mass is 16.3. The van der Waals surface area contributed by atoms with Crippen LogP contribution in [0.1, 0.15) is 26.7 Å². The third-order valence-electron chi connectivity index (χ3n) is 3.63. The van der Waals surface area contributed by atoms with E-state index in [1.807, 2.05) is 18.2 Å². The van der Waals surface area contributed by atoms with Gasteiger partial charge in [0.15, 0.2) is 0 Å². The fourth-order valence-electron chi connectivity index (χ4n) is 1.92. The van der Waals surface area contributed by atoms with Crippen molar-refractivity contribution in [3.05, 3.63) is 24.3 Å². The van der Waals surface area contributed by atoms with Gasteiger partial charge in [-0.05, 0) is 31.0 Å². The Kier molecular flexibility index (Phi) is 5.63. The van der Waals surface area contributed by atoms with Crippen molar-refractivity contribution in [3.63, 3.8) is 0 Å². The number of benzene rings is 1. The Morgan fingerprint density at radius 1 is 1.32 bits per heavy atom. The molecule has 0 saturated carbocycles. The summed E-state index contributed by atoms with van der Waals surface area (Å²) in [4.78, 5) is 10.8. The Bertz CT molecular complexity index is 409. The number of nitrogens with two attached hydrogens (primary N) is 1. The molecule has 0 spiro atoms. The van der Waals surface area contributed by atoms with Gasteiger partial charge in [0.25, 0.3) is 0 Å². The molecule has 0 fully saturated rings. The van der Waals surface area contributed by atoms with Crippen LogP contribution in [-0.2, 0) is 0 Å². The lowest BCUT2D eigenvalue weighted by Gasteiger charge is -2.30. The van der Waals surface area contributed by atoms with Crippen LogP contribution in [0.15, 0.2) is 24.3 Å². The number of urea groups is 1. The molecule has 5 nitrogen and oxygen atoms in total. The highest BCUT2D eigenvalue weighted by Gasteiger charge is 2.24. The predicted octanol–water partition coefficient (Wildman–Crippen LogP) is 2.39. The number of carbonyl (C=O) groups excluding carboxylic acids is 1. The molecule has 19 heavy (non-hydrogen) atoms. The zero-order chi connectivity index (χ0) is 14.3. The van der Waals surface area contributed by atoms with Crippen LogP contribution in [0.2, 0.25) is 0 Å². The minimum Gasteiger partial charge on any atom is -0.396 e. The lowest BCUT2D eigenvalue weighted by molar-refractivity contribution is 0.127. The van der Waals surface area contributed by atoms with Crippen LogP contribution in [0.4, 0.5) is 16.2 Å². The zero-order valence-electron chi connectivity index (χ0n) is 11.6. The normalized spacial score (nSPS) is 11.1. The van der Waals surface area contributed by atoms with E-state index in [4.69, 9.17) is 5.73 Å². The van der Waals surface area contributed by atoms with Crippen LogP contribution >= 0.6 is 0 Å². The fourth-order valence-corrected chi connectivity index (χ4v) is 1.92. The highest BCUT2D eigenvalue weighted by molar-refractivity contribution is 5.88. The average Bonchev–Trinajstić information content (AvgIpc) is 2.41. The lowest BCUT2D eigenvalue weighted by Crippen LogP contribution is -2.32. The molecule has 106 valence electrons. The van der Waals surface area contributed by atoms with Crippen LogP contribution in [-0.4, -0.2) is 24.3 Å². The molecule has 1 rings (SSSR count). The summed E-state index contributed by atoms with van der Waals surface area (Å²) in [6.45, 7) is 5.00. The highest BCUT2D eigenvalue weighted by Crippen LogP contribution is 2.26. The summed E-state index contributed by atoms with van der Waals surface area (Å²) >= 11 is 0. The maximum absolute atomic E-state index is 10.8. The quantitative estimate of drug-likeness (QED) is 0.610. The zero-order valence-corrected chi connectivity index (χ0v) is 11.6. The van der Waals surface area contributed by atoms with Crippen molar-refractivity contribution in [3.8, 4) is 0 Å². The molecule has 0 aliphatic heterocycles. The third kappa shape index (κ3) is 4.44. The van der Waals surface area contributed by atoms with E-state index in [1.165, 1.54) is 0 Å². The number of nitrogens with one attached hydrogen (secondary N) is 2. The van der Waals surface area contributed by atoms with E-state index in [0.717, 1.165) is 18.5 Å². The largest absolute Gasteiger partial charge is 0.396 e. The van der Waals surface area contributed by atoms with Crippen molar-refractivity contribution >= 4 is 17.4 Å². The van der Waals surface area contributed by atoms with E-state index in [-0.39, 0.29) is 12.0 Å². The van der Waals surface area contributed by atoms with Crippen molar-refractivity contribution in [1.82, 2.24) is 0 Å². The molecule has 0 bridgehead atoms. The molecule has 1 aromatic carbocycles. The summed E-state index contributed by atoms with van der Waals surface area (Å²) in [6.07, 6.45) is 1.82. The molecule has 0 unspecified atom stereocenters. The van der Waals surface area contributed by atoms with E-state index in [0.29, 0.717) is 12.2 Å². The van der Waals surface area contributed by atoms with Crippen molar-refractivity contribution in [2.24, 2.45) is 11.1 Å². The van der Waals surface area contributed by atoms with Crippen LogP contribution in [0.25, 0.3) is 0 Å². The van der Waals surface area contributed by atoms with Gasteiger partial charge in [-0.25, -0.2) is 4.79 Å². The molecule has 0 heterocycles. The lowest BCUT2D eigenvalue weighted by atomic mass is 9.83. The number of primary amides is 1. The number of rotatable bonds is 7. The second kappa shape index (κ2) is 6.99. The summed E-state index contributed by atoms with van der Waals surface area (Å²) in [5.74, 6) is 0. The summed E-state index contributed by atoms with van der Waals surface area (Å²) in [7, 11) is 0. The van der Waals surface area contributed by atoms with Gasteiger partial charge >= 0.3 is 6.03 Å². The summed E-state index contributed by atoms with van der Waals surface area (Å²) in [5, 5.41) is 15.3. The van der Waals surface area contributed by atoms with Crippen LogP contribution in [0.5, 0.6) is 0 Å². The molecule has 2 amide bonds. The SMILES string of the molecule is CCC(CC)(CO)CNc1cccc(NC(N)=O)c1. The molecule has 5 N–H and O–H groups in total. The van der Waals surface area contributed by atoms with Gasteiger partial charge in [-0.3, -0.25) is 0 Å². The van der Waals surface area contributed by atoms with Gasteiger partial charge in [-0.2, -0.15) is 0 Å². The molecular weight excluding hydrogens is 242 g/mol. The standard InChI is InChI=1S/C14H23N3O2/c1-3-14(4-2,10-18)9-16-11-6-5-7-12(8-11)17-13(15)19/h5-8,16,18H,3-4,9-10H2,1-2H3,(H3,15,17,19). The third-order valence-corrected chi connectivity index (χ3v) is 3.63. The number of hydrogen-bond donors (Lipinski definition) is 4. The van der Waals surface area contributed by atoms with E-state index >= 15 is 0 Å². The minimum absolute atomic E-state index is 0.104. The Morgan fingerprint density at radius 3 is 2.47 bits per heavy atom. The van der Waals surface area contributed by atoms with Gasteiger partial charge in [0.05, 0.1) is 6.61 Å². The molecule has 0 atom stereocenters. The van der Waals surface area contributed by atoms with Crippen molar-refractivity contribution < 1.29 is 9.90 Å². The second-order valence-corrected chi connectivity index (χ2v) is 4.79. The summed E-state index contributed by atoms with van der Waals surface area (Å²) < 4.78 is 0. The average molecular weight is 265 g/mol. The minimum atomic E-state index is -0.580. The molecule has 1 aromatic rings. The van der Waals surface area contributed by atoms with Gasteiger partial charge < -0.3 is 21.5 Å². The molecule has 5 heteroatoms. The number of aliphatic hydroxyl groups excluding tert-OH is 1. The maximum atomic E-state index is 10.8. The number of hydrogen-bond acceptors (Lipinski definition) is 3. The first kappa shape index (κ1) is 15.3. The van der Waals surface area contributed by atoms with Crippen LogP contribution in [0, 0.1) is 5.41 Å². The number of carbonyl (C=O) groups is 1. The molecule has 0 aliphatic rings. The van der Waals surface area contributed by atoms with E-state index in [9.17, 15) is 9.90 Å². The smallest absolute Gasteiger partial charge is 0.316 e. The Labute approximate surface area is 114 Å². The molecule has 0 saturated heterocycles. The number of aliphatic hydroxyl groups is 1. The topological polar surface area (TPSA) is 87.4 Å². The molecular formula is C14H23N3O2. The first-order valence-corrected chi connectivity index (χ1v) is 6.56. The Morgan fingerprint density at radius 2 is 1.95 bits per heavy atom. The summed E-state index contributed by atoms with van der Waals surface area (Å²) in [5.41, 5.74) is 6.52. The monoisotopic (exact) mass is 265 g/mol. The number of amides is 2. The first-order chi connectivity index (χ1) is 9.05. The maximum Gasteiger partial charge on any atom is 0.316 e. The van der Waals surface area contributed by atoms with Crippen molar-refractivity contribution in [2.75, 3.05) is 23.8 Å². The van der Waals surface area contributed by atoms with E-state index < -0.39 is 6.03 Å².